The average Bonchev–Trinajstić information content (AvgIpc) is 3.67. The summed E-state index contributed by atoms with van der Waals surface area (Å²) >= 11 is 0. The van der Waals surface area contributed by atoms with Crippen LogP contribution in [0.15, 0.2) is 46.2 Å². The third-order valence-electron chi connectivity index (χ3n) is 8.75. The lowest BCUT2D eigenvalue weighted by Gasteiger charge is -2.31. The van der Waals surface area contributed by atoms with Crippen molar-refractivity contribution >= 4 is 29.7 Å². The molecule has 1 saturated carbocycles. The number of benzene rings is 2. The number of hydrogen-bond donors (Lipinski definition) is 2. The first kappa shape index (κ1) is 30.7. The second-order valence-electron chi connectivity index (χ2n) is 12.2. The summed E-state index contributed by atoms with van der Waals surface area (Å²) in [6.07, 6.45) is 3.66. The van der Waals surface area contributed by atoms with Crippen molar-refractivity contribution in [2.45, 2.75) is 70.5 Å². The van der Waals surface area contributed by atoms with Crippen LogP contribution >= 0.6 is 0 Å². The van der Waals surface area contributed by atoms with Gasteiger partial charge < -0.3 is 29.2 Å². The molecular weight excluding hydrogens is 578 g/mol. The SMILES string of the molecule is CCOC(=O)C1=C(C=O)/C(=C2\CCC(=O)[C@@H](c3ccc4c(c3)=CCN=4)C2)c2c(cc3c(c2OCCCO)C[C@@H](C(C)(C)O)O3)O1. The third-order valence-corrected chi connectivity index (χ3v) is 8.75. The molecule has 236 valence electrons. The van der Waals surface area contributed by atoms with Crippen LogP contribution in [0.3, 0.4) is 0 Å². The maximum atomic E-state index is 13.4. The Morgan fingerprint density at radius 3 is 2.73 bits per heavy atom. The number of carbonyl (C=O) groups excluding carboxylic acids is 3. The van der Waals surface area contributed by atoms with Crippen LogP contribution in [0.2, 0.25) is 0 Å². The molecule has 0 aromatic heterocycles. The largest absolute Gasteiger partial charge is 0.492 e. The Labute approximate surface area is 260 Å². The molecule has 10 nitrogen and oxygen atoms in total. The maximum absolute atomic E-state index is 13.4. The van der Waals surface area contributed by atoms with Gasteiger partial charge in [0.1, 0.15) is 29.1 Å². The number of nitrogens with zero attached hydrogens (tertiary/aromatic N) is 1. The second-order valence-corrected chi connectivity index (χ2v) is 12.2. The second kappa shape index (κ2) is 12.3. The molecule has 2 N–H and O–H groups in total. The van der Waals surface area contributed by atoms with Gasteiger partial charge in [0.05, 0.1) is 41.9 Å². The van der Waals surface area contributed by atoms with E-state index in [1.165, 1.54) is 0 Å². The fraction of sp³-hybridized carbons (Fsp3) is 0.429. The van der Waals surface area contributed by atoms with Gasteiger partial charge in [-0.2, -0.15) is 0 Å². The molecule has 0 unspecified atom stereocenters. The summed E-state index contributed by atoms with van der Waals surface area (Å²) in [5, 5.41) is 22.2. The molecule has 0 saturated heterocycles. The van der Waals surface area contributed by atoms with E-state index >= 15 is 0 Å². The van der Waals surface area contributed by atoms with E-state index in [2.05, 4.69) is 4.99 Å². The van der Waals surface area contributed by atoms with Gasteiger partial charge in [-0.15, -0.1) is 0 Å². The van der Waals surface area contributed by atoms with Gasteiger partial charge in [0.15, 0.2) is 6.29 Å². The van der Waals surface area contributed by atoms with Crippen LogP contribution in [0.25, 0.3) is 11.6 Å². The van der Waals surface area contributed by atoms with Crippen molar-refractivity contribution in [3.8, 4) is 17.2 Å². The van der Waals surface area contributed by atoms with Crippen molar-refractivity contribution in [2.75, 3.05) is 26.4 Å². The maximum Gasteiger partial charge on any atom is 0.375 e. The first-order chi connectivity index (χ1) is 21.6. The Bertz CT molecular complexity index is 1760. The van der Waals surface area contributed by atoms with E-state index < -0.39 is 23.6 Å². The zero-order chi connectivity index (χ0) is 31.9. The van der Waals surface area contributed by atoms with Crippen LogP contribution in [0, 0.1) is 0 Å². The molecule has 0 amide bonds. The molecule has 45 heavy (non-hydrogen) atoms. The highest BCUT2D eigenvalue weighted by Gasteiger charge is 2.42. The Kier molecular flexibility index (Phi) is 8.37. The van der Waals surface area contributed by atoms with Gasteiger partial charge in [-0.25, -0.2) is 4.79 Å². The molecule has 2 aromatic rings. The van der Waals surface area contributed by atoms with E-state index in [0.717, 1.165) is 21.7 Å². The number of esters is 1. The number of ketones is 1. The van der Waals surface area contributed by atoms with Crippen molar-refractivity contribution in [3.05, 3.63) is 68.4 Å². The summed E-state index contributed by atoms with van der Waals surface area (Å²) in [6.45, 7) is 5.74. The lowest BCUT2D eigenvalue weighted by molar-refractivity contribution is -0.141. The van der Waals surface area contributed by atoms with Gasteiger partial charge in [0.2, 0.25) is 5.76 Å². The van der Waals surface area contributed by atoms with Crippen LogP contribution in [0.4, 0.5) is 0 Å². The quantitative estimate of drug-likeness (QED) is 0.247. The van der Waals surface area contributed by atoms with Crippen LogP contribution in [0.5, 0.6) is 17.2 Å². The molecule has 0 bridgehead atoms. The average molecular weight is 616 g/mol. The molecule has 2 atom stereocenters. The minimum absolute atomic E-state index is 0.0232. The standard InChI is InChI=1S/C35H37NO9/c1-4-42-34(40)33-24(18-38)30(21-7-9-26(39)22(15-21)19-6-8-25-20(14-19)10-11-36-25)31-28(45-33)17-27-23(32(31)43-13-5-12-37)16-29(44-27)35(2,3)41/h6,8,10,14,17-18,22,29,37,41H,4-5,7,9,11-13,15-16H2,1-3H3/b30-21-/t22-,29+/m1/s1. The number of ether oxygens (including phenoxy) is 4. The zero-order valence-electron chi connectivity index (χ0n) is 25.7. The highest BCUT2D eigenvalue weighted by molar-refractivity contribution is 6.10. The number of aliphatic hydroxyl groups excluding tert-OH is 1. The van der Waals surface area contributed by atoms with Crippen LogP contribution < -0.4 is 24.8 Å². The van der Waals surface area contributed by atoms with Gasteiger partial charge in [0, 0.05) is 49.0 Å². The number of hydrogen-bond acceptors (Lipinski definition) is 10. The summed E-state index contributed by atoms with van der Waals surface area (Å²) in [5.74, 6) is -0.332. The van der Waals surface area contributed by atoms with E-state index in [1.54, 1.807) is 26.8 Å². The highest BCUT2D eigenvalue weighted by atomic mass is 16.6. The molecule has 0 radical (unpaired) electrons. The van der Waals surface area contributed by atoms with Crippen LogP contribution in [-0.4, -0.2) is 66.3 Å². The van der Waals surface area contributed by atoms with Crippen molar-refractivity contribution in [1.29, 1.82) is 0 Å². The lowest BCUT2D eigenvalue weighted by atomic mass is 9.75. The van der Waals surface area contributed by atoms with Crippen LogP contribution in [-0.2, 0) is 25.5 Å². The van der Waals surface area contributed by atoms with Crippen molar-refractivity contribution in [1.82, 2.24) is 0 Å². The summed E-state index contributed by atoms with van der Waals surface area (Å²) in [5.41, 5.74) is 2.17. The van der Waals surface area contributed by atoms with Crippen LogP contribution in [0.1, 0.15) is 69.1 Å². The molecule has 1 fully saturated rings. The molecule has 6 rings (SSSR count). The number of aldehydes is 1. The minimum Gasteiger partial charge on any atom is -0.492 e. The van der Waals surface area contributed by atoms with E-state index in [1.807, 2.05) is 24.3 Å². The summed E-state index contributed by atoms with van der Waals surface area (Å²) in [6, 6.07) is 7.52. The summed E-state index contributed by atoms with van der Waals surface area (Å²) in [4.78, 5) is 43.9. The van der Waals surface area contributed by atoms with Crippen molar-refractivity contribution in [3.63, 3.8) is 0 Å². The summed E-state index contributed by atoms with van der Waals surface area (Å²) in [7, 11) is 0. The Hall–Kier alpha value is -4.28. The highest BCUT2D eigenvalue weighted by Crippen LogP contribution is 2.54. The van der Waals surface area contributed by atoms with Gasteiger partial charge in [-0.1, -0.05) is 17.7 Å². The molecule has 1 aliphatic carbocycles. The Morgan fingerprint density at radius 2 is 2.00 bits per heavy atom. The molecule has 4 aliphatic rings. The molecular formula is C35H37NO9. The van der Waals surface area contributed by atoms with Crippen molar-refractivity contribution in [2.24, 2.45) is 4.99 Å². The molecule has 10 heteroatoms. The van der Waals surface area contributed by atoms with Crippen molar-refractivity contribution < 1.29 is 43.5 Å². The number of aliphatic hydroxyl groups is 2. The predicted molar refractivity (Wildman–Crippen MR) is 163 cm³/mol. The molecule has 3 heterocycles. The molecule has 0 spiro atoms. The fourth-order valence-corrected chi connectivity index (χ4v) is 6.46. The monoisotopic (exact) mass is 615 g/mol. The number of fused-ring (bicyclic) bond motifs is 3. The number of Topliss-reactive ketones (excluding diaryl/α,β-unsaturated/α-hetero) is 1. The zero-order valence-corrected chi connectivity index (χ0v) is 25.7. The minimum atomic E-state index is -1.18. The smallest absolute Gasteiger partial charge is 0.375 e. The Balaban J connectivity index is 1.56. The molecule has 3 aliphatic heterocycles. The van der Waals surface area contributed by atoms with Gasteiger partial charge in [0.25, 0.3) is 0 Å². The lowest BCUT2D eigenvalue weighted by Crippen LogP contribution is -2.39. The van der Waals surface area contributed by atoms with E-state index in [9.17, 15) is 24.6 Å². The predicted octanol–water partition coefficient (Wildman–Crippen LogP) is 2.63. The number of allylic oxidation sites excluding steroid dienone is 3. The fourth-order valence-electron chi connectivity index (χ4n) is 6.46. The van der Waals surface area contributed by atoms with E-state index in [0.29, 0.717) is 66.7 Å². The van der Waals surface area contributed by atoms with E-state index in [4.69, 9.17) is 18.9 Å². The topological polar surface area (TPSA) is 141 Å². The third kappa shape index (κ3) is 5.68. The Morgan fingerprint density at radius 1 is 1.18 bits per heavy atom. The first-order valence-electron chi connectivity index (χ1n) is 15.4. The number of carbonyl (C=O) groups is 3. The number of rotatable bonds is 9. The summed E-state index contributed by atoms with van der Waals surface area (Å²) < 4.78 is 23.9. The van der Waals surface area contributed by atoms with E-state index in [-0.39, 0.29) is 49.1 Å². The van der Waals surface area contributed by atoms with Gasteiger partial charge in [-0.3, -0.25) is 14.6 Å². The molecule has 2 aromatic carbocycles. The first-order valence-corrected chi connectivity index (χ1v) is 15.4. The van der Waals surface area contributed by atoms with Gasteiger partial charge >= 0.3 is 5.97 Å². The normalized spacial score (nSPS) is 21.9. The van der Waals surface area contributed by atoms with Gasteiger partial charge in [-0.05, 0) is 56.5 Å².